The summed E-state index contributed by atoms with van der Waals surface area (Å²) < 4.78 is 68.8. The van der Waals surface area contributed by atoms with Crippen LogP contribution in [0.3, 0.4) is 0 Å². The number of methoxy groups -OCH3 is 1. The Morgan fingerprint density at radius 3 is 1.92 bits per heavy atom. The molecule has 0 saturated carbocycles. The highest BCUT2D eigenvalue weighted by molar-refractivity contribution is 5.73. The molecule has 2 fully saturated rings. The Morgan fingerprint density at radius 1 is 0.923 bits per heavy atom. The predicted octanol–water partition coefficient (Wildman–Crippen LogP) is 4.24. The first-order valence-corrected chi connectivity index (χ1v) is 11.6. The molecule has 15 heteroatoms. The van der Waals surface area contributed by atoms with Gasteiger partial charge in [0, 0.05) is 32.0 Å². The highest BCUT2D eigenvalue weighted by atomic mass is 19.4. The van der Waals surface area contributed by atoms with Crippen molar-refractivity contribution in [1.82, 2.24) is 14.9 Å². The number of aromatic nitrogens is 2. The quantitative estimate of drug-likeness (QED) is 0.524. The Morgan fingerprint density at radius 2 is 1.44 bits per heavy atom. The monoisotopic (exact) mass is 566 g/mol. The van der Waals surface area contributed by atoms with Gasteiger partial charge >= 0.3 is 24.3 Å². The maximum atomic E-state index is 10.6. The molecule has 0 amide bonds. The summed E-state index contributed by atoms with van der Waals surface area (Å²) in [6.45, 7) is 5.53. The van der Waals surface area contributed by atoms with Gasteiger partial charge in [-0.05, 0) is 61.5 Å². The average Bonchev–Trinajstić information content (AvgIpc) is 3.29. The van der Waals surface area contributed by atoms with E-state index < -0.39 is 24.3 Å². The van der Waals surface area contributed by atoms with E-state index in [2.05, 4.69) is 38.0 Å². The van der Waals surface area contributed by atoms with Crippen molar-refractivity contribution in [2.45, 2.75) is 38.2 Å². The van der Waals surface area contributed by atoms with Gasteiger partial charge in [0.25, 0.3) is 0 Å². The number of aliphatic carboxylic acids is 2. The number of piperidine rings is 1. The molecular formula is C24H28F6N4O5. The number of nitrogens with zero attached hydrogens (tertiary/aromatic N) is 4. The molecule has 2 aromatic rings. The lowest BCUT2D eigenvalue weighted by Crippen LogP contribution is -2.41. The topological polar surface area (TPSA) is 116 Å². The highest BCUT2D eigenvalue weighted by Gasteiger charge is 2.41. The van der Waals surface area contributed by atoms with Gasteiger partial charge in [-0.25, -0.2) is 19.6 Å². The van der Waals surface area contributed by atoms with E-state index in [0.29, 0.717) is 5.41 Å². The molecule has 0 bridgehead atoms. The summed E-state index contributed by atoms with van der Waals surface area (Å²) in [7, 11) is 1.73. The number of carbonyl (C=O) groups is 2. The van der Waals surface area contributed by atoms with E-state index in [1.165, 1.54) is 37.9 Å². The van der Waals surface area contributed by atoms with Crippen molar-refractivity contribution in [2.75, 3.05) is 38.2 Å². The second kappa shape index (κ2) is 13.4. The second-order valence-corrected chi connectivity index (χ2v) is 8.95. The molecule has 0 unspecified atom stereocenters. The summed E-state index contributed by atoms with van der Waals surface area (Å²) in [6.07, 6.45) is -2.70. The molecule has 2 N–H and O–H groups in total. The fourth-order valence-corrected chi connectivity index (χ4v) is 4.18. The molecule has 39 heavy (non-hydrogen) atoms. The zero-order chi connectivity index (χ0) is 29.3. The molecule has 216 valence electrons. The predicted molar refractivity (Wildman–Crippen MR) is 126 cm³/mol. The van der Waals surface area contributed by atoms with Crippen LogP contribution in [0.2, 0.25) is 0 Å². The lowest BCUT2D eigenvalue weighted by Gasteiger charge is -2.39. The average molecular weight is 566 g/mol. The van der Waals surface area contributed by atoms with Crippen LogP contribution in [0.15, 0.2) is 42.7 Å². The van der Waals surface area contributed by atoms with Gasteiger partial charge in [0.05, 0.1) is 7.11 Å². The molecule has 3 heterocycles. The number of ether oxygens (including phenoxy) is 1. The third-order valence-corrected chi connectivity index (χ3v) is 6.22. The molecule has 2 aliphatic rings. The Hall–Kier alpha value is -3.62. The van der Waals surface area contributed by atoms with Gasteiger partial charge in [-0.1, -0.05) is 12.1 Å². The van der Waals surface area contributed by atoms with Gasteiger partial charge in [0.2, 0.25) is 5.95 Å². The third kappa shape index (κ3) is 10.2. The Labute approximate surface area is 220 Å². The number of halogens is 6. The van der Waals surface area contributed by atoms with Crippen molar-refractivity contribution in [2.24, 2.45) is 5.41 Å². The largest absolute Gasteiger partial charge is 0.497 e. The van der Waals surface area contributed by atoms with E-state index in [9.17, 15) is 26.3 Å². The summed E-state index contributed by atoms with van der Waals surface area (Å²) in [4.78, 5) is 31.6. The van der Waals surface area contributed by atoms with Crippen molar-refractivity contribution in [1.29, 1.82) is 0 Å². The number of rotatable bonds is 4. The van der Waals surface area contributed by atoms with Crippen molar-refractivity contribution < 1.29 is 50.9 Å². The molecule has 2 saturated heterocycles. The summed E-state index contributed by atoms with van der Waals surface area (Å²) in [5, 5.41) is 14.2. The Bertz CT molecular complexity index is 1050. The Kier molecular flexibility index (Phi) is 10.9. The van der Waals surface area contributed by atoms with Gasteiger partial charge in [0.15, 0.2) is 0 Å². The third-order valence-electron chi connectivity index (χ3n) is 6.22. The number of carboxylic acids is 2. The van der Waals surface area contributed by atoms with Crippen LogP contribution in [0.25, 0.3) is 0 Å². The smallest absolute Gasteiger partial charge is 0.490 e. The Balaban J connectivity index is 0.000000317. The number of alkyl halides is 6. The van der Waals surface area contributed by atoms with Crippen LogP contribution in [0.5, 0.6) is 5.75 Å². The van der Waals surface area contributed by atoms with E-state index in [-0.39, 0.29) is 0 Å². The van der Waals surface area contributed by atoms with E-state index in [0.717, 1.165) is 31.3 Å². The van der Waals surface area contributed by atoms with E-state index in [4.69, 9.17) is 24.5 Å². The molecular weight excluding hydrogens is 538 g/mol. The minimum absolute atomic E-state index is 0.448. The molecule has 0 aliphatic carbocycles. The molecule has 9 nitrogen and oxygen atoms in total. The number of hydrogen-bond donors (Lipinski definition) is 2. The SMILES string of the molecule is COc1cccc(CN2CCC3(CC2)CCN(c2ncccn2)C3)c1.O=C(O)C(F)(F)F.O=C(O)C(F)(F)F. The number of likely N-dealkylation sites (tertiary alicyclic amines) is 1. The molecule has 2 aliphatic heterocycles. The summed E-state index contributed by atoms with van der Waals surface area (Å²) >= 11 is 0. The normalized spacial score (nSPS) is 16.9. The fraction of sp³-hybridized carbons (Fsp3) is 0.500. The zero-order valence-corrected chi connectivity index (χ0v) is 20.9. The minimum Gasteiger partial charge on any atom is -0.497 e. The first kappa shape index (κ1) is 31.6. The van der Waals surface area contributed by atoms with Crippen LogP contribution < -0.4 is 9.64 Å². The summed E-state index contributed by atoms with van der Waals surface area (Å²) in [6, 6.07) is 10.3. The van der Waals surface area contributed by atoms with Crippen molar-refractivity contribution in [3.63, 3.8) is 0 Å². The lowest BCUT2D eigenvalue weighted by atomic mass is 9.77. The van der Waals surface area contributed by atoms with Crippen LogP contribution in [-0.2, 0) is 16.1 Å². The van der Waals surface area contributed by atoms with Gasteiger partial charge in [-0.3, -0.25) is 4.90 Å². The second-order valence-electron chi connectivity index (χ2n) is 8.95. The van der Waals surface area contributed by atoms with E-state index in [1.54, 1.807) is 7.11 Å². The first-order chi connectivity index (χ1) is 18.1. The minimum atomic E-state index is -5.08. The van der Waals surface area contributed by atoms with Crippen molar-refractivity contribution in [3.8, 4) is 5.75 Å². The van der Waals surface area contributed by atoms with Gasteiger partial charge < -0.3 is 19.8 Å². The molecule has 4 rings (SSSR count). The molecule has 1 spiro atoms. The van der Waals surface area contributed by atoms with Crippen molar-refractivity contribution >= 4 is 17.9 Å². The number of anilines is 1. The lowest BCUT2D eigenvalue weighted by molar-refractivity contribution is -0.193. The zero-order valence-electron chi connectivity index (χ0n) is 20.9. The highest BCUT2D eigenvalue weighted by Crippen LogP contribution is 2.41. The van der Waals surface area contributed by atoms with Gasteiger partial charge in [-0.15, -0.1) is 0 Å². The van der Waals surface area contributed by atoms with Gasteiger partial charge in [-0.2, -0.15) is 26.3 Å². The number of benzene rings is 1. The van der Waals surface area contributed by atoms with Gasteiger partial charge in [0.1, 0.15) is 5.75 Å². The summed E-state index contributed by atoms with van der Waals surface area (Å²) in [5.41, 5.74) is 1.78. The van der Waals surface area contributed by atoms with Crippen molar-refractivity contribution in [3.05, 3.63) is 48.3 Å². The fourth-order valence-electron chi connectivity index (χ4n) is 4.18. The van der Waals surface area contributed by atoms with E-state index >= 15 is 0 Å². The molecule has 1 aromatic heterocycles. The number of carboxylic acid groups (broad SMARTS) is 2. The maximum absolute atomic E-state index is 10.6. The van der Waals surface area contributed by atoms with Crippen LogP contribution in [0.1, 0.15) is 24.8 Å². The summed E-state index contributed by atoms with van der Waals surface area (Å²) in [5.74, 6) is -3.68. The van der Waals surface area contributed by atoms with Crippen LogP contribution in [-0.4, -0.2) is 82.7 Å². The molecule has 0 atom stereocenters. The maximum Gasteiger partial charge on any atom is 0.490 e. The number of hydrogen-bond acceptors (Lipinski definition) is 7. The first-order valence-electron chi connectivity index (χ1n) is 11.6. The van der Waals surface area contributed by atoms with Crippen LogP contribution in [0.4, 0.5) is 32.3 Å². The van der Waals surface area contributed by atoms with Crippen LogP contribution >= 0.6 is 0 Å². The molecule has 0 radical (unpaired) electrons. The van der Waals surface area contributed by atoms with E-state index in [1.807, 2.05) is 24.5 Å². The van der Waals surface area contributed by atoms with Crippen LogP contribution in [0, 0.1) is 5.41 Å². The standard InChI is InChI=1S/C20H26N4O.2C2HF3O2/c1-25-18-5-2-4-17(14-18)15-23-11-6-20(7-12-23)8-13-24(16-20)19-21-9-3-10-22-19;2*3-2(4,5)1(6)7/h2-5,9-10,14H,6-8,11-13,15-16H2,1H3;2*(H,6,7). The molecule has 1 aromatic carbocycles.